The molecule has 0 aliphatic rings. The van der Waals surface area contributed by atoms with Crippen LogP contribution in [0.4, 0.5) is 23.2 Å². The molecule has 1 aromatic heterocycles. The first-order valence-electron chi connectivity index (χ1n) is 8.61. The highest BCUT2D eigenvalue weighted by Crippen LogP contribution is 2.29. The molecule has 0 bridgehead atoms. The number of rotatable bonds is 7. The van der Waals surface area contributed by atoms with Crippen molar-refractivity contribution in [2.45, 2.75) is 38.8 Å². The van der Waals surface area contributed by atoms with Gasteiger partial charge < -0.3 is 0 Å². The van der Waals surface area contributed by atoms with Crippen LogP contribution < -0.4 is 4.72 Å². The number of nitrogens with zero attached hydrogens (tertiary/aromatic N) is 1. The Labute approximate surface area is 166 Å². The molecule has 0 aliphatic heterocycles. The largest absolute Gasteiger partial charge is 0.433 e. The van der Waals surface area contributed by atoms with Crippen LogP contribution in [0, 0.1) is 12.7 Å². The first kappa shape index (κ1) is 22.8. The van der Waals surface area contributed by atoms with Crippen molar-refractivity contribution in [3.05, 3.63) is 58.7 Å². The van der Waals surface area contributed by atoms with Crippen LogP contribution in [0.1, 0.15) is 41.8 Å². The first-order chi connectivity index (χ1) is 13.3. The quantitative estimate of drug-likeness (QED) is 0.665. The lowest BCUT2D eigenvalue weighted by Crippen LogP contribution is -2.14. The lowest BCUT2D eigenvalue weighted by atomic mass is 9.92. The smallest absolute Gasteiger partial charge is 0.299 e. The molecule has 0 saturated heterocycles. The number of halogens is 4. The Kier molecular flexibility index (Phi) is 6.67. The zero-order valence-electron chi connectivity index (χ0n) is 16.0. The number of carbonyl (C=O) groups excluding carboxylic acids is 1. The van der Waals surface area contributed by atoms with Gasteiger partial charge in [0.05, 0.1) is 11.9 Å². The van der Waals surface area contributed by atoms with Gasteiger partial charge in [-0.2, -0.15) is 13.2 Å². The zero-order chi connectivity index (χ0) is 22.0. The Hall–Kier alpha value is -2.49. The summed E-state index contributed by atoms with van der Waals surface area (Å²) in [6, 6.07) is 5.94. The molecule has 2 aromatic rings. The number of anilines is 1. The predicted octanol–water partition coefficient (Wildman–Crippen LogP) is 4.22. The molecule has 158 valence electrons. The molecule has 0 fully saturated rings. The minimum absolute atomic E-state index is 0.0417. The fourth-order valence-electron chi connectivity index (χ4n) is 2.76. The van der Waals surface area contributed by atoms with Gasteiger partial charge >= 0.3 is 6.18 Å². The molecular formula is C19H20F4N2O3S. The van der Waals surface area contributed by atoms with Crippen molar-refractivity contribution in [1.82, 2.24) is 4.98 Å². The fourth-order valence-corrected chi connectivity index (χ4v) is 3.32. The number of alkyl halides is 3. The van der Waals surface area contributed by atoms with Crippen molar-refractivity contribution in [1.29, 1.82) is 0 Å². The highest BCUT2D eigenvalue weighted by atomic mass is 32.2. The number of benzene rings is 1. The van der Waals surface area contributed by atoms with E-state index in [0.29, 0.717) is 11.1 Å². The number of nitrogens with one attached hydrogen (secondary N) is 1. The molecule has 5 nitrogen and oxygen atoms in total. The van der Waals surface area contributed by atoms with Gasteiger partial charge in [0, 0.05) is 18.0 Å². The van der Waals surface area contributed by atoms with Gasteiger partial charge in [-0.15, -0.1) is 0 Å². The summed E-state index contributed by atoms with van der Waals surface area (Å²) in [5.74, 6) is -1.71. The second-order valence-electron chi connectivity index (χ2n) is 6.74. The van der Waals surface area contributed by atoms with Gasteiger partial charge in [0.15, 0.2) is 0 Å². The van der Waals surface area contributed by atoms with Crippen LogP contribution in [-0.4, -0.2) is 25.4 Å². The minimum Gasteiger partial charge on any atom is -0.299 e. The number of pyridine rings is 1. The summed E-state index contributed by atoms with van der Waals surface area (Å²) in [5, 5.41) is 0. The summed E-state index contributed by atoms with van der Waals surface area (Å²) in [7, 11) is -3.64. The van der Waals surface area contributed by atoms with E-state index in [2.05, 4.69) is 4.98 Å². The van der Waals surface area contributed by atoms with Crippen molar-refractivity contribution in [2.75, 3.05) is 11.0 Å². The maximum absolute atomic E-state index is 14.1. The van der Waals surface area contributed by atoms with Gasteiger partial charge in [0.2, 0.25) is 10.0 Å². The van der Waals surface area contributed by atoms with E-state index in [4.69, 9.17) is 0 Å². The van der Waals surface area contributed by atoms with Crippen molar-refractivity contribution in [2.24, 2.45) is 0 Å². The predicted molar refractivity (Wildman–Crippen MR) is 101 cm³/mol. The Morgan fingerprint density at radius 1 is 1.21 bits per heavy atom. The maximum Gasteiger partial charge on any atom is 0.433 e. The first-order valence-corrected chi connectivity index (χ1v) is 10.5. The van der Waals surface area contributed by atoms with E-state index in [0.717, 1.165) is 18.4 Å². The molecule has 0 saturated carbocycles. The summed E-state index contributed by atoms with van der Waals surface area (Å²) < 4.78 is 76.6. The second kappa shape index (κ2) is 8.48. The average molecular weight is 432 g/mol. The fraction of sp³-hybridized carbons (Fsp3) is 0.368. The number of hydrogen-bond donors (Lipinski definition) is 1. The van der Waals surface area contributed by atoms with E-state index in [-0.39, 0.29) is 30.0 Å². The molecule has 0 aliphatic carbocycles. The molecular weight excluding hydrogens is 412 g/mol. The van der Waals surface area contributed by atoms with Gasteiger partial charge in [0.25, 0.3) is 0 Å². The molecule has 10 heteroatoms. The van der Waals surface area contributed by atoms with Gasteiger partial charge in [0.1, 0.15) is 17.3 Å². The molecule has 29 heavy (non-hydrogen) atoms. The molecule has 0 radical (unpaired) electrons. The van der Waals surface area contributed by atoms with Gasteiger partial charge in [-0.05, 0) is 42.7 Å². The van der Waals surface area contributed by atoms with Gasteiger partial charge in [-0.1, -0.05) is 19.1 Å². The van der Waals surface area contributed by atoms with Crippen molar-refractivity contribution >= 4 is 21.5 Å². The standard InChI is InChI=1S/C19H20F4N2O3S/c1-11(14-4-7-16(15(20)10-14)25-29(3,27)28)17(26)8-5-13-6-9-18(19(21,22)23)24-12(13)2/h4,6-7,9-11,25H,5,8H2,1-3H3. The maximum atomic E-state index is 14.1. The number of aryl methyl sites for hydroxylation is 2. The average Bonchev–Trinajstić information content (AvgIpc) is 2.59. The number of Topliss-reactive ketones (excluding diaryl/α,β-unsaturated/α-hetero) is 1. The SMILES string of the molecule is Cc1nc(C(F)(F)F)ccc1CCC(=O)C(C)c1ccc(NS(C)(=O)=O)c(F)c1. The van der Waals surface area contributed by atoms with Crippen LogP contribution in [0.25, 0.3) is 0 Å². The highest BCUT2D eigenvalue weighted by Gasteiger charge is 2.32. The van der Waals surface area contributed by atoms with Crippen molar-refractivity contribution in [3.8, 4) is 0 Å². The van der Waals surface area contributed by atoms with Gasteiger partial charge in [-0.3, -0.25) is 9.52 Å². The normalized spacial score (nSPS) is 13.2. The van der Waals surface area contributed by atoms with Crippen LogP contribution in [-0.2, 0) is 27.4 Å². The number of hydrogen-bond acceptors (Lipinski definition) is 4. The summed E-state index contributed by atoms with van der Waals surface area (Å²) in [4.78, 5) is 16.0. The summed E-state index contributed by atoms with van der Waals surface area (Å²) >= 11 is 0. The Bertz CT molecular complexity index is 1020. The third-order valence-corrected chi connectivity index (χ3v) is 4.99. The molecule has 1 N–H and O–H groups in total. The second-order valence-corrected chi connectivity index (χ2v) is 8.49. The van der Waals surface area contributed by atoms with Crippen LogP contribution in [0.2, 0.25) is 0 Å². The van der Waals surface area contributed by atoms with E-state index in [9.17, 15) is 30.8 Å². The molecule has 0 spiro atoms. The molecule has 1 unspecified atom stereocenters. The van der Waals surface area contributed by atoms with E-state index >= 15 is 0 Å². The van der Waals surface area contributed by atoms with Crippen LogP contribution in [0.3, 0.4) is 0 Å². The number of sulfonamides is 1. The summed E-state index contributed by atoms with van der Waals surface area (Å²) in [5.41, 5.74) is -0.118. The molecule has 1 heterocycles. The minimum atomic E-state index is -4.53. The Morgan fingerprint density at radius 3 is 2.38 bits per heavy atom. The Balaban J connectivity index is 2.07. The van der Waals surface area contributed by atoms with Crippen molar-refractivity contribution in [3.63, 3.8) is 0 Å². The molecule has 0 amide bonds. The van der Waals surface area contributed by atoms with E-state index in [1.54, 1.807) is 6.92 Å². The monoisotopic (exact) mass is 432 g/mol. The molecule has 1 atom stereocenters. The lowest BCUT2D eigenvalue weighted by molar-refractivity contribution is -0.141. The highest BCUT2D eigenvalue weighted by molar-refractivity contribution is 7.92. The van der Waals surface area contributed by atoms with Crippen LogP contribution in [0.15, 0.2) is 30.3 Å². The van der Waals surface area contributed by atoms with E-state index in [1.165, 1.54) is 25.1 Å². The lowest BCUT2D eigenvalue weighted by Gasteiger charge is -2.14. The van der Waals surface area contributed by atoms with Crippen LogP contribution >= 0.6 is 0 Å². The van der Waals surface area contributed by atoms with Crippen molar-refractivity contribution < 1.29 is 30.8 Å². The topological polar surface area (TPSA) is 76.1 Å². The third kappa shape index (κ3) is 6.25. The number of ketones is 1. The number of aromatic nitrogens is 1. The Morgan fingerprint density at radius 2 is 1.86 bits per heavy atom. The summed E-state index contributed by atoms with van der Waals surface area (Å²) in [6.07, 6.45) is -3.39. The van der Waals surface area contributed by atoms with Crippen LogP contribution in [0.5, 0.6) is 0 Å². The van der Waals surface area contributed by atoms with E-state index in [1.807, 2.05) is 4.72 Å². The van der Waals surface area contributed by atoms with E-state index < -0.39 is 33.6 Å². The number of carbonyl (C=O) groups is 1. The zero-order valence-corrected chi connectivity index (χ0v) is 16.8. The summed E-state index contributed by atoms with van der Waals surface area (Å²) in [6.45, 7) is 3.03. The molecule has 1 aromatic carbocycles. The van der Waals surface area contributed by atoms with Gasteiger partial charge in [-0.25, -0.2) is 17.8 Å². The molecule has 2 rings (SSSR count). The third-order valence-electron chi connectivity index (χ3n) is 4.40.